The summed E-state index contributed by atoms with van der Waals surface area (Å²) in [5, 5.41) is 10.1. The first-order chi connectivity index (χ1) is 9.88. The molecule has 3 heterocycles. The average Bonchev–Trinajstić information content (AvgIpc) is 2.87. The monoisotopic (exact) mass is 283 g/mol. The van der Waals surface area contributed by atoms with Gasteiger partial charge in [-0.15, -0.1) is 0 Å². The van der Waals surface area contributed by atoms with Crippen LogP contribution in [0.15, 0.2) is 12.3 Å². The van der Waals surface area contributed by atoms with Crippen molar-refractivity contribution in [3.05, 3.63) is 34.9 Å². The zero-order valence-electron chi connectivity index (χ0n) is 13.5. The SMILES string of the molecule is Cc1nc2nn(C)cc2cc1-n1nc(C)c(C(C)C)c1C. The quantitative estimate of drug-likeness (QED) is 0.725. The number of aromatic nitrogens is 5. The van der Waals surface area contributed by atoms with E-state index in [1.54, 1.807) is 4.68 Å². The second kappa shape index (κ2) is 4.69. The van der Waals surface area contributed by atoms with E-state index in [0.717, 1.165) is 28.1 Å². The molecule has 3 rings (SSSR count). The molecule has 5 nitrogen and oxygen atoms in total. The Morgan fingerprint density at radius 2 is 1.76 bits per heavy atom. The van der Waals surface area contributed by atoms with Crippen LogP contribution in [0.3, 0.4) is 0 Å². The summed E-state index contributed by atoms with van der Waals surface area (Å²) in [6.45, 7) is 10.6. The fourth-order valence-corrected chi connectivity index (χ4v) is 3.09. The Hall–Kier alpha value is -2.17. The van der Waals surface area contributed by atoms with E-state index in [-0.39, 0.29) is 0 Å². The summed E-state index contributed by atoms with van der Waals surface area (Å²) in [4.78, 5) is 4.60. The molecule has 0 bridgehead atoms. The topological polar surface area (TPSA) is 48.5 Å². The van der Waals surface area contributed by atoms with Crippen LogP contribution >= 0.6 is 0 Å². The maximum Gasteiger partial charge on any atom is 0.181 e. The van der Waals surface area contributed by atoms with Gasteiger partial charge in [-0.1, -0.05) is 13.8 Å². The molecule has 0 unspecified atom stereocenters. The maximum atomic E-state index is 4.73. The number of hydrogen-bond acceptors (Lipinski definition) is 3. The van der Waals surface area contributed by atoms with Crippen molar-refractivity contribution in [2.45, 2.75) is 40.5 Å². The van der Waals surface area contributed by atoms with Crippen LogP contribution in [-0.2, 0) is 7.05 Å². The predicted octanol–water partition coefficient (Wildman–Crippen LogP) is 3.20. The lowest BCUT2D eigenvalue weighted by Gasteiger charge is -2.09. The number of hydrogen-bond donors (Lipinski definition) is 0. The zero-order valence-corrected chi connectivity index (χ0v) is 13.5. The summed E-state index contributed by atoms with van der Waals surface area (Å²) in [7, 11) is 1.91. The molecule has 0 amide bonds. The Morgan fingerprint density at radius 1 is 1.05 bits per heavy atom. The van der Waals surface area contributed by atoms with Crippen molar-refractivity contribution in [1.82, 2.24) is 24.5 Å². The first-order valence-corrected chi connectivity index (χ1v) is 7.26. The van der Waals surface area contributed by atoms with Crippen LogP contribution < -0.4 is 0 Å². The molecule has 0 spiro atoms. The van der Waals surface area contributed by atoms with Crippen LogP contribution in [0.4, 0.5) is 0 Å². The van der Waals surface area contributed by atoms with E-state index >= 15 is 0 Å². The van der Waals surface area contributed by atoms with Gasteiger partial charge < -0.3 is 0 Å². The minimum absolute atomic E-state index is 0.467. The van der Waals surface area contributed by atoms with Gasteiger partial charge in [0.05, 0.1) is 17.1 Å². The molecule has 0 N–H and O–H groups in total. The van der Waals surface area contributed by atoms with Gasteiger partial charge >= 0.3 is 0 Å². The van der Waals surface area contributed by atoms with Gasteiger partial charge in [0.2, 0.25) is 0 Å². The summed E-state index contributed by atoms with van der Waals surface area (Å²) in [5.74, 6) is 0.467. The number of pyridine rings is 1. The average molecular weight is 283 g/mol. The fraction of sp³-hybridized carbons (Fsp3) is 0.438. The van der Waals surface area contributed by atoms with Gasteiger partial charge in [-0.25, -0.2) is 9.67 Å². The lowest BCUT2D eigenvalue weighted by molar-refractivity contribution is 0.774. The molecular weight excluding hydrogens is 262 g/mol. The standard InChI is InChI=1S/C16H21N5/c1-9(2)15-11(4)18-21(12(15)5)14-7-13-8-20(6)19-16(13)17-10(14)3/h7-9H,1-6H3. The zero-order chi connectivity index (χ0) is 15.3. The third-order valence-electron chi connectivity index (χ3n) is 3.93. The van der Waals surface area contributed by atoms with E-state index in [4.69, 9.17) is 5.10 Å². The van der Waals surface area contributed by atoms with Gasteiger partial charge in [0.15, 0.2) is 5.65 Å². The van der Waals surface area contributed by atoms with E-state index < -0.39 is 0 Å². The maximum absolute atomic E-state index is 4.73. The van der Waals surface area contributed by atoms with Gasteiger partial charge in [0, 0.05) is 24.3 Å². The van der Waals surface area contributed by atoms with Crippen molar-refractivity contribution < 1.29 is 0 Å². The van der Waals surface area contributed by atoms with Crippen LogP contribution in [-0.4, -0.2) is 24.5 Å². The van der Waals surface area contributed by atoms with Crippen LogP contribution in [0.5, 0.6) is 0 Å². The third-order valence-corrected chi connectivity index (χ3v) is 3.93. The summed E-state index contributed by atoms with van der Waals surface area (Å²) in [5.41, 5.74) is 6.36. The van der Waals surface area contributed by atoms with Crippen LogP contribution in [0.1, 0.15) is 42.4 Å². The molecule has 0 saturated heterocycles. The van der Waals surface area contributed by atoms with Gasteiger partial charge in [-0.3, -0.25) is 4.68 Å². The normalized spacial score (nSPS) is 11.8. The summed E-state index contributed by atoms with van der Waals surface area (Å²) in [6.07, 6.45) is 1.99. The van der Waals surface area contributed by atoms with Crippen molar-refractivity contribution in [2.24, 2.45) is 7.05 Å². The first-order valence-electron chi connectivity index (χ1n) is 7.26. The highest BCUT2D eigenvalue weighted by atomic mass is 15.3. The lowest BCUT2D eigenvalue weighted by atomic mass is 10.0. The van der Waals surface area contributed by atoms with Crippen molar-refractivity contribution in [2.75, 3.05) is 0 Å². The lowest BCUT2D eigenvalue weighted by Crippen LogP contribution is -2.04. The van der Waals surface area contributed by atoms with E-state index in [2.05, 4.69) is 43.8 Å². The minimum Gasteiger partial charge on any atom is -0.273 e. The third kappa shape index (κ3) is 2.13. The van der Waals surface area contributed by atoms with Crippen molar-refractivity contribution in [1.29, 1.82) is 0 Å². The second-order valence-electron chi connectivity index (χ2n) is 5.96. The number of aryl methyl sites for hydroxylation is 3. The van der Waals surface area contributed by atoms with Crippen LogP contribution in [0.2, 0.25) is 0 Å². The highest BCUT2D eigenvalue weighted by molar-refractivity contribution is 5.77. The second-order valence-corrected chi connectivity index (χ2v) is 5.96. The van der Waals surface area contributed by atoms with Crippen LogP contribution in [0, 0.1) is 20.8 Å². The van der Waals surface area contributed by atoms with Gasteiger partial charge in [-0.2, -0.15) is 10.2 Å². The van der Waals surface area contributed by atoms with E-state index in [1.165, 1.54) is 11.3 Å². The Balaban J connectivity index is 2.25. The molecule has 21 heavy (non-hydrogen) atoms. The molecule has 0 aliphatic carbocycles. The molecule has 5 heteroatoms. The largest absolute Gasteiger partial charge is 0.273 e. The number of nitrogens with zero attached hydrogens (tertiary/aromatic N) is 5. The molecule has 0 saturated carbocycles. The highest BCUT2D eigenvalue weighted by Crippen LogP contribution is 2.27. The number of rotatable bonds is 2. The number of fused-ring (bicyclic) bond motifs is 1. The van der Waals surface area contributed by atoms with E-state index in [0.29, 0.717) is 5.92 Å². The molecular formula is C16H21N5. The Bertz CT molecular complexity index is 823. The summed E-state index contributed by atoms with van der Waals surface area (Å²) >= 11 is 0. The highest BCUT2D eigenvalue weighted by Gasteiger charge is 2.17. The van der Waals surface area contributed by atoms with Gasteiger partial charge in [0.25, 0.3) is 0 Å². The van der Waals surface area contributed by atoms with Crippen LogP contribution in [0.25, 0.3) is 16.7 Å². The Labute approximate surface area is 124 Å². The first kappa shape index (κ1) is 13.8. The van der Waals surface area contributed by atoms with Crippen molar-refractivity contribution >= 4 is 11.0 Å². The summed E-state index contributed by atoms with van der Waals surface area (Å²) < 4.78 is 3.81. The molecule has 0 aromatic carbocycles. The molecule has 0 radical (unpaired) electrons. The summed E-state index contributed by atoms with van der Waals surface area (Å²) in [6, 6.07) is 2.12. The smallest absolute Gasteiger partial charge is 0.181 e. The van der Waals surface area contributed by atoms with Gasteiger partial charge in [0.1, 0.15) is 0 Å². The molecule has 0 atom stereocenters. The predicted molar refractivity (Wildman–Crippen MR) is 83.9 cm³/mol. The molecule has 0 aliphatic rings. The van der Waals surface area contributed by atoms with Crippen molar-refractivity contribution in [3.8, 4) is 5.69 Å². The molecule has 3 aromatic rings. The fourth-order valence-electron chi connectivity index (χ4n) is 3.09. The molecule has 3 aromatic heterocycles. The van der Waals surface area contributed by atoms with E-state index in [1.807, 2.05) is 24.9 Å². The van der Waals surface area contributed by atoms with Crippen molar-refractivity contribution in [3.63, 3.8) is 0 Å². The molecule has 110 valence electrons. The minimum atomic E-state index is 0.467. The Morgan fingerprint density at radius 3 is 2.38 bits per heavy atom. The Kier molecular flexibility index (Phi) is 3.08. The molecule has 0 fully saturated rings. The molecule has 0 aliphatic heterocycles. The van der Waals surface area contributed by atoms with E-state index in [9.17, 15) is 0 Å². The van der Waals surface area contributed by atoms with Gasteiger partial charge in [-0.05, 0) is 38.3 Å².